The fourth-order valence-corrected chi connectivity index (χ4v) is 3.47. The summed E-state index contributed by atoms with van der Waals surface area (Å²) in [6, 6.07) is 4.34. The molecule has 31 heavy (non-hydrogen) atoms. The SMILES string of the molecule is CNC(=O)COC1CCN(c2ncc3ncnc(Nc4ccc(F)c(Cl)c4)c3n2)CC1. The van der Waals surface area contributed by atoms with Crippen LogP contribution in [0.5, 0.6) is 0 Å². The van der Waals surface area contributed by atoms with E-state index in [1.54, 1.807) is 19.3 Å². The first-order valence-electron chi connectivity index (χ1n) is 9.80. The van der Waals surface area contributed by atoms with Gasteiger partial charge in [0.05, 0.1) is 17.3 Å². The summed E-state index contributed by atoms with van der Waals surface area (Å²) in [6.07, 6.45) is 4.62. The molecule has 1 aromatic carbocycles. The summed E-state index contributed by atoms with van der Waals surface area (Å²) in [5, 5.41) is 5.68. The number of carbonyl (C=O) groups excluding carboxylic acids is 1. The Balaban J connectivity index is 1.49. The first-order chi connectivity index (χ1) is 15.0. The van der Waals surface area contributed by atoms with Gasteiger partial charge in [-0.05, 0) is 31.0 Å². The van der Waals surface area contributed by atoms with E-state index in [-0.39, 0.29) is 23.6 Å². The van der Waals surface area contributed by atoms with E-state index in [1.807, 2.05) is 0 Å². The summed E-state index contributed by atoms with van der Waals surface area (Å²) in [5.41, 5.74) is 1.71. The second-order valence-electron chi connectivity index (χ2n) is 7.05. The van der Waals surface area contributed by atoms with Gasteiger partial charge in [0.15, 0.2) is 5.82 Å². The van der Waals surface area contributed by atoms with Crippen LogP contribution in [-0.2, 0) is 9.53 Å². The third kappa shape index (κ3) is 4.97. The highest BCUT2D eigenvalue weighted by Crippen LogP contribution is 2.26. The van der Waals surface area contributed by atoms with Gasteiger partial charge >= 0.3 is 0 Å². The van der Waals surface area contributed by atoms with Crippen LogP contribution in [0.4, 0.5) is 21.8 Å². The molecule has 0 unspecified atom stereocenters. The van der Waals surface area contributed by atoms with Gasteiger partial charge in [-0.1, -0.05) is 11.6 Å². The average Bonchev–Trinajstić information content (AvgIpc) is 2.80. The van der Waals surface area contributed by atoms with Gasteiger partial charge in [-0.25, -0.2) is 24.3 Å². The number of nitrogens with one attached hydrogen (secondary N) is 2. The van der Waals surface area contributed by atoms with Crippen molar-refractivity contribution >= 4 is 46.0 Å². The summed E-state index contributed by atoms with van der Waals surface area (Å²) in [5.74, 6) is 0.405. The standard InChI is InChI=1S/C20H21ClFN7O2/c1-23-17(30)10-31-13-4-6-29(7-5-13)20-24-9-16-18(28-20)19(26-11-25-16)27-12-2-3-15(22)14(21)8-12/h2-3,8-9,11,13H,4-7,10H2,1H3,(H,23,30)(H,25,26,27). The smallest absolute Gasteiger partial charge is 0.245 e. The van der Waals surface area contributed by atoms with Gasteiger partial charge in [-0.2, -0.15) is 0 Å². The molecule has 2 N–H and O–H groups in total. The summed E-state index contributed by atoms with van der Waals surface area (Å²) < 4.78 is 19.1. The summed E-state index contributed by atoms with van der Waals surface area (Å²) in [7, 11) is 1.59. The molecule has 162 valence electrons. The molecular formula is C20H21ClFN7O2. The van der Waals surface area contributed by atoms with E-state index in [4.69, 9.17) is 16.3 Å². The van der Waals surface area contributed by atoms with Crippen molar-refractivity contribution < 1.29 is 13.9 Å². The van der Waals surface area contributed by atoms with Crippen molar-refractivity contribution in [2.24, 2.45) is 0 Å². The number of piperidine rings is 1. The van der Waals surface area contributed by atoms with Crippen molar-refractivity contribution in [1.82, 2.24) is 25.3 Å². The minimum Gasteiger partial charge on any atom is -0.368 e. The Bertz CT molecular complexity index is 1090. The van der Waals surface area contributed by atoms with Crippen LogP contribution in [0.2, 0.25) is 5.02 Å². The number of benzene rings is 1. The number of amides is 1. The van der Waals surface area contributed by atoms with E-state index in [1.165, 1.54) is 18.5 Å². The van der Waals surface area contributed by atoms with Crippen LogP contribution >= 0.6 is 11.6 Å². The highest BCUT2D eigenvalue weighted by Gasteiger charge is 2.23. The highest BCUT2D eigenvalue weighted by atomic mass is 35.5. The van der Waals surface area contributed by atoms with Gasteiger partial charge in [-0.3, -0.25) is 4.79 Å². The lowest BCUT2D eigenvalue weighted by Crippen LogP contribution is -2.39. The zero-order chi connectivity index (χ0) is 21.8. The zero-order valence-corrected chi connectivity index (χ0v) is 17.6. The van der Waals surface area contributed by atoms with Crippen LogP contribution in [-0.4, -0.2) is 58.7 Å². The Morgan fingerprint density at radius 1 is 1.29 bits per heavy atom. The minimum absolute atomic E-state index is 0.0141. The van der Waals surface area contributed by atoms with Gasteiger partial charge in [0.2, 0.25) is 11.9 Å². The molecule has 0 saturated carbocycles. The molecule has 2 aromatic heterocycles. The maximum Gasteiger partial charge on any atom is 0.245 e. The molecule has 0 aliphatic carbocycles. The first kappa shape index (κ1) is 21.1. The Kier molecular flexibility index (Phi) is 6.38. The van der Waals surface area contributed by atoms with Crippen LogP contribution < -0.4 is 15.5 Å². The lowest BCUT2D eigenvalue weighted by molar-refractivity contribution is -0.127. The van der Waals surface area contributed by atoms with Gasteiger partial charge in [0.1, 0.15) is 29.8 Å². The number of ether oxygens (including phenoxy) is 1. The number of anilines is 3. The molecule has 0 spiro atoms. The molecule has 1 saturated heterocycles. The van der Waals surface area contributed by atoms with Crippen molar-refractivity contribution in [3.63, 3.8) is 0 Å². The maximum atomic E-state index is 13.4. The van der Waals surface area contributed by atoms with E-state index >= 15 is 0 Å². The molecule has 9 nitrogen and oxygen atoms in total. The van der Waals surface area contributed by atoms with Crippen molar-refractivity contribution in [2.75, 3.05) is 37.0 Å². The summed E-state index contributed by atoms with van der Waals surface area (Å²) in [6.45, 7) is 1.47. The molecule has 1 fully saturated rings. The number of halogens is 2. The number of carbonyl (C=O) groups is 1. The predicted octanol–water partition coefficient (Wildman–Crippen LogP) is 2.69. The van der Waals surface area contributed by atoms with Crippen molar-refractivity contribution in [3.05, 3.63) is 41.6 Å². The summed E-state index contributed by atoms with van der Waals surface area (Å²) in [4.78, 5) is 31.0. The van der Waals surface area contributed by atoms with E-state index in [2.05, 4.69) is 35.5 Å². The number of fused-ring (bicyclic) bond motifs is 1. The van der Waals surface area contributed by atoms with Gasteiger partial charge in [0.25, 0.3) is 0 Å². The van der Waals surface area contributed by atoms with E-state index in [0.717, 1.165) is 12.8 Å². The maximum absolute atomic E-state index is 13.4. The molecule has 4 rings (SSSR count). The molecule has 1 aliphatic heterocycles. The Hall–Kier alpha value is -3.11. The van der Waals surface area contributed by atoms with Crippen LogP contribution in [0.1, 0.15) is 12.8 Å². The van der Waals surface area contributed by atoms with Gasteiger partial charge in [-0.15, -0.1) is 0 Å². The molecule has 3 heterocycles. The quantitative estimate of drug-likeness (QED) is 0.596. The Morgan fingerprint density at radius 2 is 2.10 bits per heavy atom. The predicted molar refractivity (Wildman–Crippen MR) is 115 cm³/mol. The molecule has 0 bridgehead atoms. The number of hydrogen-bond donors (Lipinski definition) is 2. The van der Waals surface area contributed by atoms with Crippen LogP contribution in [0.25, 0.3) is 11.0 Å². The Morgan fingerprint density at radius 3 is 2.84 bits per heavy atom. The van der Waals surface area contributed by atoms with Crippen LogP contribution in [0, 0.1) is 5.82 Å². The van der Waals surface area contributed by atoms with Crippen molar-refractivity contribution in [2.45, 2.75) is 18.9 Å². The first-order valence-corrected chi connectivity index (χ1v) is 10.2. The topological polar surface area (TPSA) is 105 Å². The minimum atomic E-state index is -0.493. The number of likely N-dealkylation sites (N-methyl/N-ethyl adjacent to an activating group) is 1. The number of rotatable bonds is 6. The highest BCUT2D eigenvalue weighted by molar-refractivity contribution is 6.31. The largest absolute Gasteiger partial charge is 0.368 e. The normalized spacial score (nSPS) is 14.6. The molecule has 0 radical (unpaired) electrons. The van der Waals surface area contributed by atoms with Crippen molar-refractivity contribution in [3.8, 4) is 0 Å². The van der Waals surface area contributed by atoms with E-state index in [9.17, 15) is 9.18 Å². The molecule has 3 aromatic rings. The average molecular weight is 446 g/mol. The number of aromatic nitrogens is 4. The van der Waals surface area contributed by atoms with Gasteiger partial charge < -0.3 is 20.3 Å². The van der Waals surface area contributed by atoms with Crippen molar-refractivity contribution in [1.29, 1.82) is 0 Å². The lowest BCUT2D eigenvalue weighted by atomic mass is 10.1. The monoisotopic (exact) mass is 445 g/mol. The number of hydrogen-bond acceptors (Lipinski definition) is 8. The fraction of sp³-hybridized carbons (Fsp3) is 0.350. The molecule has 1 aliphatic rings. The third-order valence-electron chi connectivity index (χ3n) is 5.00. The zero-order valence-electron chi connectivity index (χ0n) is 16.8. The van der Waals surface area contributed by atoms with Crippen LogP contribution in [0.15, 0.2) is 30.7 Å². The molecule has 11 heteroatoms. The van der Waals surface area contributed by atoms with E-state index in [0.29, 0.717) is 41.6 Å². The molecule has 0 atom stereocenters. The molecule has 1 amide bonds. The van der Waals surface area contributed by atoms with Crippen LogP contribution in [0.3, 0.4) is 0 Å². The lowest BCUT2D eigenvalue weighted by Gasteiger charge is -2.31. The Labute approximate surface area is 183 Å². The fourth-order valence-electron chi connectivity index (χ4n) is 3.29. The summed E-state index contributed by atoms with van der Waals surface area (Å²) >= 11 is 5.87. The van der Waals surface area contributed by atoms with E-state index < -0.39 is 5.82 Å². The number of nitrogens with zero attached hydrogens (tertiary/aromatic N) is 5. The third-order valence-corrected chi connectivity index (χ3v) is 5.29. The second kappa shape index (κ2) is 9.36. The van der Waals surface area contributed by atoms with Gasteiger partial charge in [0, 0.05) is 25.8 Å². The second-order valence-corrected chi connectivity index (χ2v) is 7.46. The molecular weight excluding hydrogens is 425 g/mol.